The summed E-state index contributed by atoms with van der Waals surface area (Å²) in [4.78, 5) is 42.2. The number of nitrogens with one attached hydrogen (secondary N) is 1. The van der Waals surface area contributed by atoms with Crippen molar-refractivity contribution in [2.24, 2.45) is 0 Å². The molecular formula is C27H33FN4O4. The Kier molecular flexibility index (Phi) is 7.31. The fourth-order valence-corrected chi connectivity index (χ4v) is 4.91. The third kappa shape index (κ3) is 6.02. The molecule has 36 heavy (non-hydrogen) atoms. The summed E-state index contributed by atoms with van der Waals surface area (Å²) in [5.41, 5.74) is 2.52. The highest BCUT2D eigenvalue weighted by Crippen LogP contribution is 2.30. The number of carbonyl (C=O) groups excluding carboxylic acids is 3. The van der Waals surface area contributed by atoms with Crippen molar-refractivity contribution in [1.29, 1.82) is 0 Å². The van der Waals surface area contributed by atoms with Crippen LogP contribution in [0.5, 0.6) is 0 Å². The largest absolute Gasteiger partial charge is 0.389 e. The second-order valence-electron chi connectivity index (χ2n) is 10.4. The molecule has 2 aromatic carbocycles. The minimum Gasteiger partial charge on any atom is -0.389 e. The lowest BCUT2D eigenvalue weighted by atomic mass is 9.89. The van der Waals surface area contributed by atoms with Gasteiger partial charge in [-0.2, -0.15) is 0 Å². The smallest absolute Gasteiger partial charge is 0.322 e. The zero-order valence-electron chi connectivity index (χ0n) is 21.0. The van der Waals surface area contributed by atoms with Gasteiger partial charge in [0.1, 0.15) is 5.82 Å². The Labute approximate surface area is 210 Å². The second-order valence-corrected chi connectivity index (χ2v) is 10.4. The standard InChI is InChI=1S/C27H33FN4O4/c1-27(2,36)17-30(3)24(33)25(34)31-12-10-19(11-13-31)18-5-8-23(9-6-18)29-26(35)32-15-20-4-7-22(28)14-21(20)16-32/h4-9,14,19,36H,10-13,15-17H2,1-3H3,(H,29,35). The molecule has 2 N–H and O–H groups in total. The number of fused-ring (bicyclic) bond motifs is 1. The molecule has 2 aliphatic heterocycles. The number of aliphatic hydroxyl groups is 1. The van der Waals surface area contributed by atoms with E-state index in [0.717, 1.165) is 29.5 Å². The first-order valence-electron chi connectivity index (χ1n) is 12.2. The van der Waals surface area contributed by atoms with E-state index in [2.05, 4.69) is 5.32 Å². The normalized spacial score (nSPS) is 16.0. The number of hydrogen-bond acceptors (Lipinski definition) is 4. The second kappa shape index (κ2) is 10.3. The molecule has 0 atom stereocenters. The molecule has 0 aliphatic carbocycles. The number of halogens is 1. The zero-order chi connectivity index (χ0) is 26.0. The van der Waals surface area contributed by atoms with Crippen LogP contribution in [-0.2, 0) is 22.7 Å². The summed E-state index contributed by atoms with van der Waals surface area (Å²) in [6.07, 6.45) is 1.48. The van der Waals surface area contributed by atoms with Crippen LogP contribution in [0.25, 0.3) is 0 Å². The minimum absolute atomic E-state index is 0.0835. The lowest BCUT2D eigenvalue weighted by molar-refractivity contribution is -0.153. The zero-order valence-corrected chi connectivity index (χ0v) is 21.0. The Morgan fingerprint density at radius 3 is 2.31 bits per heavy atom. The number of rotatable bonds is 4. The molecule has 8 nitrogen and oxygen atoms in total. The van der Waals surface area contributed by atoms with Crippen LogP contribution in [0.2, 0.25) is 0 Å². The molecule has 4 amide bonds. The highest BCUT2D eigenvalue weighted by molar-refractivity contribution is 6.34. The van der Waals surface area contributed by atoms with Gasteiger partial charge in [0.25, 0.3) is 0 Å². The average molecular weight is 497 g/mol. The first-order chi connectivity index (χ1) is 17.0. The van der Waals surface area contributed by atoms with Gasteiger partial charge < -0.3 is 25.1 Å². The number of benzene rings is 2. The van der Waals surface area contributed by atoms with Gasteiger partial charge in [-0.15, -0.1) is 0 Å². The molecule has 2 aliphatic rings. The summed E-state index contributed by atoms with van der Waals surface area (Å²) in [5, 5.41) is 12.8. The van der Waals surface area contributed by atoms with Crippen molar-refractivity contribution in [3.63, 3.8) is 0 Å². The van der Waals surface area contributed by atoms with Crippen molar-refractivity contribution in [3.8, 4) is 0 Å². The number of anilines is 1. The van der Waals surface area contributed by atoms with Crippen LogP contribution in [0.3, 0.4) is 0 Å². The molecule has 192 valence electrons. The van der Waals surface area contributed by atoms with Crippen molar-refractivity contribution in [3.05, 3.63) is 65.0 Å². The Bertz CT molecular complexity index is 1140. The van der Waals surface area contributed by atoms with Crippen LogP contribution < -0.4 is 5.32 Å². The molecule has 1 saturated heterocycles. The van der Waals surface area contributed by atoms with Crippen molar-refractivity contribution >= 4 is 23.5 Å². The summed E-state index contributed by atoms with van der Waals surface area (Å²) in [6.45, 7) is 5.08. The summed E-state index contributed by atoms with van der Waals surface area (Å²) < 4.78 is 13.4. The fourth-order valence-electron chi connectivity index (χ4n) is 4.91. The van der Waals surface area contributed by atoms with Crippen molar-refractivity contribution in [1.82, 2.24) is 14.7 Å². The number of hydrogen-bond donors (Lipinski definition) is 2. The monoisotopic (exact) mass is 496 g/mol. The first kappa shape index (κ1) is 25.6. The van der Waals surface area contributed by atoms with E-state index in [1.807, 2.05) is 24.3 Å². The maximum absolute atomic E-state index is 13.4. The van der Waals surface area contributed by atoms with Crippen LogP contribution >= 0.6 is 0 Å². The Morgan fingerprint density at radius 1 is 1.03 bits per heavy atom. The number of amides is 4. The molecule has 0 bridgehead atoms. The average Bonchev–Trinajstić information content (AvgIpc) is 3.26. The summed E-state index contributed by atoms with van der Waals surface area (Å²) in [5.74, 6) is -1.19. The van der Waals surface area contributed by atoms with Gasteiger partial charge in [-0.05, 0) is 73.6 Å². The maximum Gasteiger partial charge on any atom is 0.322 e. The van der Waals surface area contributed by atoms with E-state index in [-0.39, 0.29) is 24.3 Å². The molecule has 0 radical (unpaired) electrons. The molecule has 1 fully saturated rings. The molecule has 0 aromatic heterocycles. The van der Waals surface area contributed by atoms with Crippen molar-refractivity contribution in [2.45, 2.75) is 51.3 Å². The predicted molar refractivity (Wildman–Crippen MR) is 134 cm³/mol. The van der Waals surface area contributed by atoms with E-state index in [0.29, 0.717) is 31.9 Å². The van der Waals surface area contributed by atoms with Crippen LogP contribution in [0.1, 0.15) is 49.3 Å². The van der Waals surface area contributed by atoms with Crippen LogP contribution in [0.15, 0.2) is 42.5 Å². The SMILES string of the molecule is CN(CC(C)(C)O)C(=O)C(=O)N1CCC(c2ccc(NC(=O)N3Cc4ccc(F)cc4C3)cc2)CC1. The topological polar surface area (TPSA) is 93.2 Å². The quantitative estimate of drug-likeness (QED) is 0.636. The lowest BCUT2D eigenvalue weighted by Gasteiger charge is -2.33. The van der Waals surface area contributed by atoms with Crippen LogP contribution in [-0.4, -0.2) is 69.9 Å². The van der Waals surface area contributed by atoms with E-state index < -0.39 is 17.4 Å². The fraction of sp³-hybridized carbons (Fsp3) is 0.444. The van der Waals surface area contributed by atoms with Gasteiger partial charge in [-0.25, -0.2) is 9.18 Å². The van der Waals surface area contributed by atoms with E-state index in [1.54, 1.807) is 29.7 Å². The third-order valence-electron chi connectivity index (χ3n) is 6.75. The number of nitrogens with zero attached hydrogens (tertiary/aromatic N) is 3. The van der Waals surface area contributed by atoms with Crippen molar-refractivity contribution in [2.75, 3.05) is 32.0 Å². The summed E-state index contributed by atoms with van der Waals surface area (Å²) in [7, 11) is 1.52. The van der Waals surface area contributed by atoms with Gasteiger partial charge in [0.15, 0.2) is 0 Å². The summed E-state index contributed by atoms with van der Waals surface area (Å²) in [6, 6.07) is 12.1. The molecular weight excluding hydrogens is 463 g/mol. The number of piperidine rings is 1. The van der Waals surface area contributed by atoms with Crippen LogP contribution in [0, 0.1) is 5.82 Å². The first-order valence-corrected chi connectivity index (χ1v) is 12.2. The number of carbonyl (C=O) groups is 3. The van der Waals surface area contributed by atoms with E-state index in [1.165, 1.54) is 24.1 Å². The lowest BCUT2D eigenvalue weighted by Crippen LogP contribution is -2.49. The van der Waals surface area contributed by atoms with Gasteiger partial charge in [0.2, 0.25) is 0 Å². The highest BCUT2D eigenvalue weighted by atomic mass is 19.1. The van der Waals surface area contributed by atoms with E-state index in [4.69, 9.17) is 0 Å². The number of urea groups is 1. The predicted octanol–water partition coefficient (Wildman–Crippen LogP) is 3.31. The molecule has 9 heteroatoms. The van der Waals surface area contributed by atoms with E-state index in [9.17, 15) is 23.9 Å². The minimum atomic E-state index is -1.07. The summed E-state index contributed by atoms with van der Waals surface area (Å²) >= 11 is 0. The van der Waals surface area contributed by atoms with Gasteiger partial charge in [-0.3, -0.25) is 9.59 Å². The highest BCUT2D eigenvalue weighted by Gasteiger charge is 2.31. The maximum atomic E-state index is 13.4. The molecule has 2 aromatic rings. The molecule has 0 saturated carbocycles. The Balaban J connectivity index is 1.27. The molecule has 2 heterocycles. The molecule has 0 unspecified atom stereocenters. The van der Waals surface area contributed by atoms with Gasteiger partial charge in [0.05, 0.1) is 5.60 Å². The Hall–Kier alpha value is -3.46. The third-order valence-corrected chi connectivity index (χ3v) is 6.75. The molecule has 0 spiro atoms. The number of likely N-dealkylation sites (N-methyl/N-ethyl adjacent to an activating group) is 1. The van der Waals surface area contributed by atoms with Crippen molar-refractivity contribution < 1.29 is 23.9 Å². The Morgan fingerprint density at radius 2 is 1.67 bits per heavy atom. The van der Waals surface area contributed by atoms with E-state index >= 15 is 0 Å². The van der Waals surface area contributed by atoms with Gasteiger partial charge >= 0.3 is 17.8 Å². The van der Waals surface area contributed by atoms with Crippen LogP contribution in [0.4, 0.5) is 14.9 Å². The van der Waals surface area contributed by atoms with Gasteiger partial charge in [0, 0.05) is 45.5 Å². The number of likely N-dealkylation sites (tertiary alicyclic amines) is 1. The van der Waals surface area contributed by atoms with Gasteiger partial charge in [-0.1, -0.05) is 18.2 Å². The molecule has 4 rings (SSSR count).